The Morgan fingerprint density at radius 3 is 2.19 bits per heavy atom. The van der Waals surface area contributed by atoms with Crippen molar-refractivity contribution in [3.8, 4) is 17.6 Å². The van der Waals surface area contributed by atoms with Crippen LogP contribution in [0, 0.1) is 21.4 Å². The van der Waals surface area contributed by atoms with E-state index in [2.05, 4.69) is 14.4 Å². The maximum atomic E-state index is 10.9. The van der Waals surface area contributed by atoms with Gasteiger partial charge in [-0.15, -0.1) is 9.05 Å². The fourth-order valence-electron chi connectivity index (χ4n) is 1.88. The summed E-state index contributed by atoms with van der Waals surface area (Å²) in [6.07, 6.45) is 0. The lowest BCUT2D eigenvalue weighted by molar-refractivity contribution is -0.384. The molecule has 0 atom stereocenters. The van der Waals surface area contributed by atoms with Gasteiger partial charge in [0.25, 0.3) is 5.69 Å². The second-order valence-corrected chi connectivity index (χ2v) is 5.97. The number of nitro groups is 1. The summed E-state index contributed by atoms with van der Waals surface area (Å²) in [4.78, 5) is 10.5. The van der Waals surface area contributed by atoms with E-state index in [0.717, 1.165) is 0 Å². The zero-order valence-electron chi connectivity index (χ0n) is 15.0. The number of nitrogens with zero attached hydrogens (tertiary/aromatic N) is 2. The highest BCUT2D eigenvalue weighted by molar-refractivity contribution is 7.33. The molecule has 0 fully saturated rings. The Morgan fingerprint density at radius 2 is 1.74 bits per heavy atom. The van der Waals surface area contributed by atoms with Crippen molar-refractivity contribution in [2.75, 3.05) is 26.1 Å². The van der Waals surface area contributed by atoms with Gasteiger partial charge in [0.05, 0.1) is 30.8 Å². The number of hydrogen-bond acceptors (Lipinski definition) is 8. The number of nitrogens with one attached hydrogen (secondary N) is 1. The van der Waals surface area contributed by atoms with Gasteiger partial charge in [0, 0.05) is 23.2 Å². The quantitative estimate of drug-likeness (QED) is 0.411. The number of rotatable bonds is 7. The molecule has 142 valence electrons. The molecule has 1 N–H and O–H groups in total. The molecule has 0 aliphatic rings. The third-order valence-electron chi connectivity index (χ3n) is 3.05. The number of nitriles is 1. The van der Waals surface area contributed by atoms with Crippen LogP contribution in [0.2, 0.25) is 0 Å². The molecule has 0 aliphatic heterocycles. The Morgan fingerprint density at radius 1 is 1.15 bits per heavy atom. The molecule has 9 nitrogen and oxygen atoms in total. The molecule has 0 saturated heterocycles. The van der Waals surface area contributed by atoms with Crippen molar-refractivity contribution in [3.05, 3.63) is 58.1 Å². The third kappa shape index (κ3) is 7.38. The van der Waals surface area contributed by atoms with Gasteiger partial charge >= 0.3 is 8.25 Å². The highest BCUT2D eigenvalue weighted by atomic mass is 31.1. The van der Waals surface area contributed by atoms with Crippen LogP contribution in [-0.2, 0) is 13.6 Å². The first kappa shape index (κ1) is 22.0. The van der Waals surface area contributed by atoms with Crippen molar-refractivity contribution in [1.82, 2.24) is 0 Å². The third-order valence-corrected chi connectivity index (χ3v) is 3.65. The molecule has 2 rings (SSSR count). The van der Waals surface area contributed by atoms with Gasteiger partial charge in [0.15, 0.2) is 0 Å². The molecule has 0 bridgehead atoms. The van der Waals surface area contributed by atoms with Crippen LogP contribution >= 0.6 is 8.25 Å². The molecule has 0 unspecified atom stereocenters. The van der Waals surface area contributed by atoms with Crippen molar-refractivity contribution in [2.45, 2.75) is 6.92 Å². The predicted octanol–water partition coefficient (Wildman–Crippen LogP) is 4.63. The molecule has 10 heteroatoms. The maximum absolute atomic E-state index is 10.9. The number of hydrogen-bond donors (Lipinski definition) is 1. The molecule has 0 heterocycles. The Hall–Kier alpha value is -3.05. The first-order valence-corrected chi connectivity index (χ1v) is 8.80. The van der Waals surface area contributed by atoms with E-state index in [1.165, 1.54) is 26.4 Å². The normalized spacial score (nSPS) is 9.41. The minimum Gasteiger partial charge on any atom is -0.457 e. The standard InChI is InChI=1S/C15H13N3O3.C2H6O3P/c1-2-17-14-9-13(7-8-15(14)18(19)20)21-12-5-3-11(10-16)4-6-12;1-4-6(3)5-2/h3-9,17H,2H2,1H3;1-2H3/q;+1. The van der Waals surface area contributed by atoms with Crippen molar-refractivity contribution in [3.63, 3.8) is 0 Å². The predicted molar refractivity (Wildman–Crippen MR) is 100 cm³/mol. The molecule has 2 aromatic carbocycles. The van der Waals surface area contributed by atoms with Crippen molar-refractivity contribution < 1.29 is 23.3 Å². The monoisotopic (exact) mass is 392 g/mol. The van der Waals surface area contributed by atoms with E-state index in [4.69, 9.17) is 10.00 Å². The lowest BCUT2D eigenvalue weighted by Gasteiger charge is -2.09. The Balaban J connectivity index is 0.000000527. The lowest BCUT2D eigenvalue weighted by atomic mass is 10.2. The van der Waals surface area contributed by atoms with Crippen LogP contribution in [-0.4, -0.2) is 25.7 Å². The Labute approximate surface area is 157 Å². The Kier molecular flexibility index (Phi) is 9.40. The van der Waals surface area contributed by atoms with E-state index in [9.17, 15) is 14.7 Å². The molecule has 27 heavy (non-hydrogen) atoms. The van der Waals surface area contributed by atoms with Crippen LogP contribution in [0.15, 0.2) is 42.5 Å². The molecule has 0 saturated carbocycles. The van der Waals surface area contributed by atoms with Crippen molar-refractivity contribution >= 4 is 19.6 Å². The van der Waals surface area contributed by atoms with E-state index < -0.39 is 13.2 Å². The SMILES string of the molecule is CCNc1cc(Oc2ccc(C#N)cc2)ccc1[N+](=O)[O-].CO[P+](=O)OC. The second kappa shape index (κ2) is 11.5. The highest BCUT2D eigenvalue weighted by Gasteiger charge is 2.14. The summed E-state index contributed by atoms with van der Waals surface area (Å²) in [5.41, 5.74) is 0.956. The molecule has 0 spiro atoms. The van der Waals surface area contributed by atoms with Crippen LogP contribution in [0.4, 0.5) is 11.4 Å². The van der Waals surface area contributed by atoms with Gasteiger partial charge < -0.3 is 10.1 Å². The summed E-state index contributed by atoms with van der Waals surface area (Å²) in [5.74, 6) is 1.05. The average Bonchev–Trinajstić information content (AvgIpc) is 2.68. The topological polar surface area (TPSA) is 124 Å². The first-order valence-electron chi connectivity index (χ1n) is 7.70. The van der Waals surface area contributed by atoms with Crippen LogP contribution in [0.25, 0.3) is 0 Å². The van der Waals surface area contributed by atoms with Crippen LogP contribution in [0.5, 0.6) is 11.5 Å². The second-order valence-electron chi connectivity index (χ2n) is 4.79. The number of nitro benzene ring substituents is 1. The fraction of sp³-hybridized carbons (Fsp3) is 0.235. The molecule has 0 aromatic heterocycles. The molecular weight excluding hydrogens is 373 g/mol. The first-order chi connectivity index (χ1) is 12.9. The van der Waals surface area contributed by atoms with Crippen molar-refractivity contribution in [2.24, 2.45) is 0 Å². The van der Waals surface area contributed by atoms with Gasteiger partial charge in [-0.1, -0.05) is 0 Å². The zero-order valence-corrected chi connectivity index (χ0v) is 15.9. The van der Waals surface area contributed by atoms with E-state index in [-0.39, 0.29) is 5.69 Å². The van der Waals surface area contributed by atoms with Gasteiger partial charge in [0.2, 0.25) is 0 Å². The van der Waals surface area contributed by atoms with Gasteiger partial charge in [0.1, 0.15) is 17.2 Å². The zero-order chi connectivity index (χ0) is 20.2. The summed E-state index contributed by atoms with van der Waals surface area (Å²) in [6.45, 7) is 2.43. The molecular formula is C17H19N3O6P+. The lowest BCUT2D eigenvalue weighted by Crippen LogP contribution is -2.01. The van der Waals surface area contributed by atoms with Crippen LogP contribution in [0.1, 0.15) is 12.5 Å². The van der Waals surface area contributed by atoms with E-state index >= 15 is 0 Å². The smallest absolute Gasteiger partial charge is 0.457 e. The van der Waals surface area contributed by atoms with E-state index in [1.54, 1.807) is 30.3 Å². The van der Waals surface area contributed by atoms with Crippen molar-refractivity contribution in [1.29, 1.82) is 5.26 Å². The summed E-state index contributed by atoms with van der Waals surface area (Å²) in [5, 5.41) is 22.6. The number of ether oxygens (including phenoxy) is 1. The Bertz CT molecular complexity index is 814. The van der Waals surface area contributed by atoms with Gasteiger partial charge in [-0.3, -0.25) is 10.1 Å². The molecule has 0 aliphatic carbocycles. The van der Waals surface area contributed by atoms with Gasteiger partial charge in [-0.25, -0.2) is 0 Å². The maximum Gasteiger partial charge on any atom is 0.696 e. The number of benzene rings is 2. The van der Waals surface area contributed by atoms with E-state index in [1.807, 2.05) is 13.0 Å². The molecule has 0 radical (unpaired) electrons. The fourth-order valence-corrected chi connectivity index (χ4v) is 2.03. The summed E-state index contributed by atoms with van der Waals surface area (Å²) in [7, 11) is 0.817. The minimum atomic E-state index is -1.83. The molecule has 0 amide bonds. The number of anilines is 1. The van der Waals surface area contributed by atoms with E-state index in [0.29, 0.717) is 29.3 Å². The summed E-state index contributed by atoms with van der Waals surface area (Å²) < 4.78 is 23.9. The van der Waals surface area contributed by atoms with Crippen LogP contribution in [0.3, 0.4) is 0 Å². The van der Waals surface area contributed by atoms with Crippen LogP contribution < -0.4 is 10.1 Å². The summed E-state index contributed by atoms with van der Waals surface area (Å²) in [6, 6.07) is 13.2. The average molecular weight is 392 g/mol. The van der Waals surface area contributed by atoms with Gasteiger partial charge in [-0.05, 0) is 37.3 Å². The van der Waals surface area contributed by atoms with Gasteiger partial charge in [-0.2, -0.15) is 5.26 Å². The minimum absolute atomic E-state index is 0.00373. The largest absolute Gasteiger partial charge is 0.696 e. The highest BCUT2D eigenvalue weighted by Crippen LogP contribution is 2.31. The summed E-state index contributed by atoms with van der Waals surface area (Å²) >= 11 is 0. The molecule has 2 aromatic rings.